The molecule has 0 radical (unpaired) electrons. The lowest BCUT2D eigenvalue weighted by Crippen LogP contribution is -2.48. The molecule has 1 fully saturated rings. The zero-order valence-corrected chi connectivity index (χ0v) is 18.0. The van der Waals surface area contributed by atoms with Gasteiger partial charge in [-0.3, -0.25) is 9.69 Å². The molecule has 1 aliphatic rings. The summed E-state index contributed by atoms with van der Waals surface area (Å²) in [7, 11) is 0. The Balaban J connectivity index is 1.26. The maximum atomic E-state index is 12.3. The normalized spacial score (nSPS) is 15.0. The second-order valence-corrected chi connectivity index (χ2v) is 8.56. The fourth-order valence-corrected chi connectivity index (χ4v) is 4.81. The smallest absolute Gasteiger partial charge is 0.251 e. The molecule has 4 rings (SSSR count). The predicted octanol–water partition coefficient (Wildman–Crippen LogP) is 3.72. The van der Waals surface area contributed by atoms with E-state index in [4.69, 9.17) is 4.98 Å². The summed E-state index contributed by atoms with van der Waals surface area (Å²) in [6.45, 7) is 9.66. The molecule has 1 aromatic heterocycles. The third-order valence-corrected chi connectivity index (χ3v) is 6.67. The van der Waals surface area contributed by atoms with Gasteiger partial charge in [0, 0.05) is 44.8 Å². The van der Waals surface area contributed by atoms with Crippen molar-refractivity contribution in [2.45, 2.75) is 20.3 Å². The maximum Gasteiger partial charge on any atom is 0.251 e. The Hall–Kier alpha value is -2.44. The number of benzene rings is 2. The number of thiazole rings is 1. The number of hydrogen-bond donors (Lipinski definition) is 1. The molecule has 0 atom stereocenters. The Kier molecular flexibility index (Phi) is 6.11. The third kappa shape index (κ3) is 4.60. The molecule has 0 aliphatic carbocycles. The van der Waals surface area contributed by atoms with Crippen molar-refractivity contribution < 1.29 is 4.79 Å². The molecule has 6 heteroatoms. The second kappa shape index (κ2) is 8.93. The number of nitrogens with zero attached hydrogens (tertiary/aromatic N) is 3. The Morgan fingerprint density at radius 3 is 2.69 bits per heavy atom. The van der Waals surface area contributed by atoms with E-state index in [0.717, 1.165) is 60.9 Å². The monoisotopic (exact) mass is 408 g/mol. The quantitative estimate of drug-likeness (QED) is 0.675. The largest absolute Gasteiger partial charge is 0.351 e. The van der Waals surface area contributed by atoms with Gasteiger partial charge in [-0.1, -0.05) is 42.5 Å². The summed E-state index contributed by atoms with van der Waals surface area (Å²) < 4.78 is 1.28. The highest BCUT2D eigenvalue weighted by Crippen LogP contribution is 2.30. The Morgan fingerprint density at radius 1 is 1.14 bits per heavy atom. The van der Waals surface area contributed by atoms with E-state index in [-0.39, 0.29) is 5.91 Å². The van der Waals surface area contributed by atoms with Gasteiger partial charge in [0.05, 0.1) is 10.2 Å². The molecule has 0 spiro atoms. The number of aryl methyl sites for hydroxylation is 2. The minimum absolute atomic E-state index is 0.0164. The van der Waals surface area contributed by atoms with Crippen LogP contribution in [0.2, 0.25) is 0 Å². The molecular formula is C23H28N4OS. The number of aromatic nitrogens is 1. The molecule has 0 unspecified atom stereocenters. The molecule has 29 heavy (non-hydrogen) atoms. The molecule has 1 saturated heterocycles. The SMILES string of the molecule is CCc1ccc2nc(N3CCN(CCNC(=O)c4ccccc4C)CC3)sc2c1. The molecule has 3 aromatic rings. The Bertz CT molecular complexity index is 991. The van der Waals surface area contributed by atoms with Crippen LogP contribution < -0.4 is 10.2 Å². The van der Waals surface area contributed by atoms with Gasteiger partial charge in [0.2, 0.25) is 0 Å². The molecule has 2 heterocycles. The van der Waals surface area contributed by atoms with Gasteiger partial charge in [0.25, 0.3) is 5.91 Å². The molecule has 2 aromatic carbocycles. The average Bonchev–Trinajstić information content (AvgIpc) is 3.17. The van der Waals surface area contributed by atoms with Crippen LogP contribution in [0.25, 0.3) is 10.2 Å². The standard InChI is InChI=1S/C23H28N4OS/c1-3-18-8-9-20-21(16-18)29-23(25-20)27-14-12-26(13-15-27)11-10-24-22(28)19-7-5-4-6-17(19)2/h4-9,16H,3,10-15H2,1-2H3,(H,24,28). The zero-order chi connectivity index (χ0) is 20.2. The third-order valence-electron chi connectivity index (χ3n) is 5.60. The minimum Gasteiger partial charge on any atom is -0.351 e. The van der Waals surface area contributed by atoms with Gasteiger partial charge in [-0.15, -0.1) is 0 Å². The van der Waals surface area contributed by atoms with E-state index in [2.05, 4.69) is 40.2 Å². The highest BCUT2D eigenvalue weighted by molar-refractivity contribution is 7.22. The maximum absolute atomic E-state index is 12.3. The summed E-state index contributed by atoms with van der Waals surface area (Å²) in [5.41, 5.74) is 4.24. The molecule has 1 N–H and O–H groups in total. The fraction of sp³-hybridized carbons (Fsp3) is 0.391. The van der Waals surface area contributed by atoms with Crippen molar-refractivity contribution in [3.63, 3.8) is 0 Å². The van der Waals surface area contributed by atoms with Gasteiger partial charge in [-0.2, -0.15) is 0 Å². The number of fused-ring (bicyclic) bond motifs is 1. The lowest BCUT2D eigenvalue weighted by atomic mass is 10.1. The van der Waals surface area contributed by atoms with E-state index < -0.39 is 0 Å². The molecule has 5 nitrogen and oxygen atoms in total. The number of anilines is 1. The van der Waals surface area contributed by atoms with Crippen molar-refractivity contribution in [3.8, 4) is 0 Å². The highest BCUT2D eigenvalue weighted by atomic mass is 32.1. The number of rotatable bonds is 6. The first kappa shape index (κ1) is 19.9. The van der Waals surface area contributed by atoms with Crippen LogP contribution in [0.15, 0.2) is 42.5 Å². The lowest BCUT2D eigenvalue weighted by molar-refractivity contribution is 0.0947. The van der Waals surface area contributed by atoms with Gasteiger partial charge >= 0.3 is 0 Å². The van der Waals surface area contributed by atoms with Crippen LogP contribution in [0, 0.1) is 6.92 Å². The summed E-state index contributed by atoms with van der Waals surface area (Å²) in [5, 5.41) is 4.18. The van der Waals surface area contributed by atoms with E-state index in [1.807, 2.05) is 31.2 Å². The first-order chi connectivity index (χ1) is 14.1. The van der Waals surface area contributed by atoms with Crippen molar-refractivity contribution in [3.05, 3.63) is 59.2 Å². The number of amides is 1. The summed E-state index contributed by atoms with van der Waals surface area (Å²) in [6.07, 6.45) is 1.06. The Labute approximate surface area is 176 Å². The summed E-state index contributed by atoms with van der Waals surface area (Å²) in [4.78, 5) is 22.0. The molecule has 1 aliphatic heterocycles. The molecule has 0 saturated carbocycles. The first-order valence-corrected chi connectivity index (χ1v) is 11.2. The van der Waals surface area contributed by atoms with Gasteiger partial charge < -0.3 is 10.2 Å². The van der Waals surface area contributed by atoms with Gasteiger partial charge in [-0.05, 0) is 42.7 Å². The van der Waals surface area contributed by atoms with Crippen LogP contribution in [0.4, 0.5) is 5.13 Å². The number of hydrogen-bond acceptors (Lipinski definition) is 5. The Morgan fingerprint density at radius 2 is 1.93 bits per heavy atom. The number of carbonyl (C=O) groups excluding carboxylic acids is 1. The van der Waals surface area contributed by atoms with Gasteiger partial charge in [0.15, 0.2) is 5.13 Å². The van der Waals surface area contributed by atoms with Gasteiger partial charge in [-0.25, -0.2) is 4.98 Å². The summed E-state index contributed by atoms with van der Waals surface area (Å²) in [6, 6.07) is 14.3. The minimum atomic E-state index is 0.0164. The van der Waals surface area contributed by atoms with E-state index in [1.54, 1.807) is 11.3 Å². The van der Waals surface area contributed by atoms with Crippen molar-refractivity contribution in [2.24, 2.45) is 0 Å². The number of carbonyl (C=O) groups is 1. The van der Waals surface area contributed by atoms with Gasteiger partial charge in [0.1, 0.15) is 0 Å². The lowest BCUT2D eigenvalue weighted by Gasteiger charge is -2.34. The number of nitrogens with one attached hydrogen (secondary N) is 1. The van der Waals surface area contributed by atoms with E-state index in [9.17, 15) is 4.79 Å². The van der Waals surface area contributed by atoms with Crippen molar-refractivity contribution in [1.82, 2.24) is 15.2 Å². The van der Waals surface area contributed by atoms with Crippen molar-refractivity contribution in [1.29, 1.82) is 0 Å². The molecule has 152 valence electrons. The molecule has 1 amide bonds. The van der Waals surface area contributed by atoms with E-state index in [1.165, 1.54) is 10.3 Å². The summed E-state index contributed by atoms with van der Waals surface area (Å²) >= 11 is 1.79. The zero-order valence-electron chi connectivity index (χ0n) is 17.1. The first-order valence-electron chi connectivity index (χ1n) is 10.3. The van der Waals surface area contributed by atoms with Crippen molar-refractivity contribution >= 4 is 32.6 Å². The van der Waals surface area contributed by atoms with Crippen LogP contribution in [-0.2, 0) is 6.42 Å². The summed E-state index contributed by atoms with van der Waals surface area (Å²) in [5.74, 6) is 0.0164. The number of piperazine rings is 1. The predicted molar refractivity (Wildman–Crippen MR) is 121 cm³/mol. The topological polar surface area (TPSA) is 48.5 Å². The van der Waals surface area contributed by atoms with Crippen LogP contribution in [0.5, 0.6) is 0 Å². The molecular weight excluding hydrogens is 380 g/mol. The van der Waals surface area contributed by atoms with E-state index in [0.29, 0.717) is 6.54 Å². The average molecular weight is 409 g/mol. The van der Waals surface area contributed by atoms with Crippen LogP contribution in [-0.4, -0.2) is 55.1 Å². The van der Waals surface area contributed by atoms with Crippen LogP contribution in [0.3, 0.4) is 0 Å². The second-order valence-electron chi connectivity index (χ2n) is 7.55. The van der Waals surface area contributed by atoms with Crippen LogP contribution >= 0.6 is 11.3 Å². The molecule has 0 bridgehead atoms. The highest BCUT2D eigenvalue weighted by Gasteiger charge is 2.20. The fourth-order valence-electron chi connectivity index (χ4n) is 3.73. The van der Waals surface area contributed by atoms with Crippen LogP contribution in [0.1, 0.15) is 28.4 Å². The van der Waals surface area contributed by atoms with Crippen molar-refractivity contribution in [2.75, 3.05) is 44.2 Å². The van der Waals surface area contributed by atoms with E-state index >= 15 is 0 Å².